The summed E-state index contributed by atoms with van der Waals surface area (Å²) >= 11 is 0. The van der Waals surface area contributed by atoms with Crippen LogP contribution >= 0.6 is 0 Å². The van der Waals surface area contributed by atoms with Gasteiger partial charge in [-0.25, -0.2) is 0 Å². The van der Waals surface area contributed by atoms with E-state index in [0.29, 0.717) is 0 Å². The summed E-state index contributed by atoms with van der Waals surface area (Å²) in [7, 11) is 0. The maximum Gasteiger partial charge on any atom is 0.394 e. The summed E-state index contributed by atoms with van der Waals surface area (Å²) < 4.78 is 41.7. The first-order valence-electron chi connectivity index (χ1n) is 2.73. The van der Waals surface area contributed by atoms with E-state index in [1.54, 1.807) is 0 Å². The van der Waals surface area contributed by atoms with Crippen molar-refractivity contribution < 1.29 is 14.5 Å². The molecule has 1 N–H and O–H groups in total. The van der Waals surface area contributed by atoms with Crippen LogP contribution in [0.25, 0.3) is 0 Å². The lowest BCUT2D eigenvalue weighted by atomic mass is 10.0. The van der Waals surface area contributed by atoms with Gasteiger partial charge in [0.15, 0.2) is 0 Å². The van der Waals surface area contributed by atoms with Gasteiger partial charge in [-0.3, -0.25) is 0 Å². The Morgan fingerprint density at radius 2 is 2.00 bits per heavy atom. The summed E-state index contributed by atoms with van der Waals surface area (Å²) in [6.07, 6.45) is -4.36. The van der Waals surface area contributed by atoms with Crippen molar-refractivity contribution in [3.63, 3.8) is 0 Å². The van der Waals surface area contributed by atoms with Crippen molar-refractivity contribution >= 4 is 0 Å². The average Bonchev–Trinajstić information content (AvgIpc) is 1.57. The van der Waals surface area contributed by atoms with Crippen molar-refractivity contribution in [2.45, 2.75) is 6.18 Å². The summed E-state index contributed by atoms with van der Waals surface area (Å²) in [6, 6.07) is 0. The Balaban J connectivity index is 2.59. The molecule has 1 fully saturated rings. The minimum absolute atomic E-state index is 0.267. The Morgan fingerprint density at radius 3 is 2.00 bits per heavy atom. The van der Waals surface area contributed by atoms with Gasteiger partial charge in [0.05, 0.1) is 5.89 Å². The number of rotatable bonds is 0. The van der Waals surface area contributed by atoms with E-state index in [0.717, 1.165) is 0 Å². The molecule has 48 valence electrons. The SMILES string of the molecule is [2H]C1(C(F)(F)F)CNC1. The van der Waals surface area contributed by atoms with E-state index in [-0.39, 0.29) is 13.1 Å². The van der Waals surface area contributed by atoms with Crippen LogP contribution in [-0.4, -0.2) is 19.3 Å². The minimum atomic E-state index is -4.36. The largest absolute Gasteiger partial charge is 0.394 e. The highest BCUT2D eigenvalue weighted by molar-refractivity contribution is 4.80. The van der Waals surface area contributed by atoms with Crippen LogP contribution in [0.4, 0.5) is 13.2 Å². The van der Waals surface area contributed by atoms with Crippen molar-refractivity contribution in [3.05, 3.63) is 0 Å². The zero-order valence-electron chi connectivity index (χ0n) is 5.05. The molecule has 0 aromatic rings. The average molecular weight is 126 g/mol. The first-order chi connectivity index (χ1) is 3.96. The fraction of sp³-hybridized carbons (Fsp3) is 1.00. The van der Waals surface area contributed by atoms with Gasteiger partial charge in [-0.2, -0.15) is 13.2 Å². The predicted octanol–water partition coefficient (Wildman–Crippen LogP) is 0.768. The molecule has 0 spiro atoms. The molecule has 1 saturated heterocycles. The van der Waals surface area contributed by atoms with Crippen LogP contribution in [0, 0.1) is 5.89 Å². The van der Waals surface area contributed by atoms with Gasteiger partial charge in [-0.05, 0) is 0 Å². The van der Waals surface area contributed by atoms with Gasteiger partial charge in [0.1, 0.15) is 0 Å². The number of alkyl halides is 3. The van der Waals surface area contributed by atoms with Crippen molar-refractivity contribution in [1.29, 1.82) is 0 Å². The molecule has 0 saturated carbocycles. The van der Waals surface area contributed by atoms with Gasteiger partial charge in [0.2, 0.25) is 0 Å². The molecule has 0 aliphatic carbocycles. The first-order valence-corrected chi connectivity index (χ1v) is 2.23. The Bertz CT molecular complexity index is 117. The molecule has 0 aromatic carbocycles. The molecular formula is C4H6F3N. The number of nitrogens with one attached hydrogen (secondary N) is 1. The Labute approximate surface area is 46.3 Å². The lowest BCUT2D eigenvalue weighted by Crippen LogP contribution is -2.50. The number of hydrogen-bond donors (Lipinski definition) is 1. The quantitative estimate of drug-likeness (QED) is 0.505. The van der Waals surface area contributed by atoms with Crippen molar-refractivity contribution in [2.24, 2.45) is 5.89 Å². The van der Waals surface area contributed by atoms with Crippen molar-refractivity contribution in [2.75, 3.05) is 13.1 Å². The molecule has 0 amide bonds. The molecule has 1 aliphatic rings. The van der Waals surface area contributed by atoms with Gasteiger partial charge in [0.25, 0.3) is 0 Å². The second-order valence-electron chi connectivity index (χ2n) is 1.70. The predicted molar refractivity (Wildman–Crippen MR) is 22.4 cm³/mol. The summed E-state index contributed by atoms with van der Waals surface area (Å²) in [6.45, 7) is -0.535. The van der Waals surface area contributed by atoms with Crippen LogP contribution in [0.5, 0.6) is 0 Å². The van der Waals surface area contributed by atoms with E-state index in [2.05, 4.69) is 5.32 Å². The smallest absolute Gasteiger partial charge is 0.315 e. The second kappa shape index (κ2) is 1.62. The van der Waals surface area contributed by atoms with Crippen LogP contribution in [-0.2, 0) is 0 Å². The van der Waals surface area contributed by atoms with E-state index < -0.39 is 12.1 Å². The Morgan fingerprint density at radius 1 is 1.50 bits per heavy atom. The number of hydrogen-bond acceptors (Lipinski definition) is 1. The summed E-state index contributed by atoms with van der Waals surface area (Å²) in [5.41, 5.74) is 0. The topological polar surface area (TPSA) is 12.0 Å². The molecule has 0 unspecified atom stereocenters. The summed E-state index contributed by atoms with van der Waals surface area (Å²) in [4.78, 5) is 0. The molecule has 0 atom stereocenters. The lowest BCUT2D eigenvalue weighted by molar-refractivity contribution is -0.185. The molecule has 1 aliphatic heterocycles. The van der Waals surface area contributed by atoms with E-state index in [1.165, 1.54) is 0 Å². The Kier molecular flexibility index (Phi) is 0.932. The molecule has 1 heterocycles. The van der Waals surface area contributed by atoms with Gasteiger partial charge in [-0.15, -0.1) is 0 Å². The third kappa shape index (κ3) is 0.940. The molecular weight excluding hydrogens is 119 g/mol. The Hall–Kier alpha value is -0.250. The molecule has 1 nitrogen and oxygen atoms in total. The van der Waals surface area contributed by atoms with Crippen LogP contribution in [0.2, 0.25) is 0 Å². The van der Waals surface area contributed by atoms with Gasteiger partial charge >= 0.3 is 6.18 Å². The van der Waals surface area contributed by atoms with E-state index in [4.69, 9.17) is 1.37 Å². The van der Waals surface area contributed by atoms with Gasteiger partial charge in [0, 0.05) is 14.5 Å². The van der Waals surface area contributed by atoms with Crippen molar-refractivity contribution in [1.82, 2.24) is 5.32 Å². The molecule has 0 aromatic heterocycles. The highest BCUT2D eigenvalue weighted by Crippen LogP contribution is 2.28. The van der Waals surface area contributed by atoms with E-state index in [9.17, 15) is 13.2 Å². The maximum absolute atomic E-state index is 11.7. The third-order valence-corrected chi connectivity index (χ3v) is 1.08. The van der Waals surface area contributed by atoms with Crippen LogP contribution in [0.1, 0.15) is 1.37 Å². The standard InChI is InChI=1S/C4H6F3N/c5-4(6,7)3-1-8-2-3/h3,8H,1-2H2/i3D. The maximum atomic E-state index is 11.7. The lowest BCUT2D eigenvalue weighted by Gasteiger charge is -2.28. The van der Waals surface area contributed by atoms with E-state index in [1.807, 2.05) is 0 Å². The zero-order valence-corrected chi connectivity index (χ0v) is 4.05. The van der Waals surface area contributed by atoms with Crippen LogP contribution in [0.3, 0.4) is 0 Å². The van der Waals surface area contributed by atoms with Crippen molar-refractivity contribution in [3.8, 4) is 0 Å². The third-order valence-electron chi connectivity index (χ3n) is 1.08. The summed E-state index contributed by atoms with van der Waals surface area (Å²) in [5, 5.41) is 2.40. The van der Waals surface area contributed by atoms with E-state index >= 15 is 0 Å². The number of halogens is 3. The van der Waals surface area contributed by atoms with Crippen LogP contribution < -0.4 is 5.32 Å². The highest BCUT2D eigenvalue weighted by Gasteiger charge is 2.42. The fourth-order valence-electron chi connectivity index (χ4n) is 0.450. The monoisotopic (exact) mass is 126 g/mol. The first kappa shape index (κ1) is 4.61. The summed E-state index contributed by atoms with van der Waals surface area (Å²) in [5.74, 6) is -2.20. The molecule has 1 rings (SSSR count). The molecule has 0 bridgehead atoms. The van der Waals surface area contributed by atoms with Gasteiger partial charge < -0.3 is 5.32 Å². The highest BCUT2D eigenvalue weighted by atomic mass is 19.4. The van der Waals surface area contributed by atoms with Gasteiger partial charge in [-0.1, -0.05) is 0 Å². The normalized spacial score (nSPS) is 28.6. The zero-order chi connectivity index (χ0) is 7.12. The molecule has 8 heavy (non-hydrogen) atoms. The minimum Gasteiger partial charge on any atom is -0.315 e. The molecule has 0 radical (unpaired) electrons. The fourth-order valence-corrected chi connectivity index (χ4v) is 0.450. The molecule has 4 heteroatoms. The second-order valence-corrected chi connectivity index (χ2v) is 1.70. The van der Waals surface area contributed by atoms with Crippen LogP contribution in [0.15, 0.2) is 0 Å².